The highest BCUT2D eigenvalue weighted by molar-refractivity contribution is 6.00. The maximum Gasteiger partial charge on any atom is 0.251 e. The number of hydrogen-bond acceptors (Lipinski definition) is 4. The van der Waals surface area contributed by atoms with Crippen molar-refractivity contribution < 1.29 is 10.0 Å². The van der Waals surface area contributed by atoms with Gasteiger partial charge in [0.1, 0.15) is 0 Å². The average Bonchev–Trinajstić information content (AvgIpc) is 3.35. The van der Waals surface area contributed by atoms with E-state index in [1.807, 2.05) is 12.1 Å². The van der Waals surface area contributed by atoms with Crippen LogP contribution in [0, 0.1) is 5.92 Å². The topological polar surface area (TPSA) is 101 Å². The SMILES string of the molecule is NC(=NO)C(NC(=O)c1ccc2ncccc2c1)C1CC1. The van der Waals surface area contributed by atoms with E-state index in [0.717, 1.165) is 23.7 Å². The highest BCUT2D eigenvalue weighted by atomic mass is 16.4. The Morgan fingerprint density at radius 1 is 1.43 bits per heavy atom. The van der Waals surface area contributed by atoms with Crippen molar-refractivity contribution >= 4 is 22.6 Å². The minimum atomic E-state index is -0.410. The maximum absolute atomic E-state index is 12.3. The molecular formula is C15H16N4O2. The largest absolute Gasteiger partial charge is 0.409 e. The number of amides is 1. The summed E-state index contributed by atoms with van der Waals surface area (Å²) in [5, 5.41) is 15.6. The fraction of sp³-hybridized carbons (Fsp3) is 0.267. The zero-order chi connectivity index (χ0) is 14.8. The summed E-state index contributed by atoms with van der Waals surface area (Å²) in [7, 11) is 0. The van der Waals surface area contributed by atoms with E-state index in [0.29, 0.717) is 5.56 Å². The van der Waals surface area contributed by atoms with E-state index in [2.05, 4.69) is 15.5 Å². The molecule has 1 atom stereocenters. The summed E-state index contributed by atoms with van der Waals surface area (Å²) in [5.41, 5.74) is 7.02. The molecule has 0 aliphatic heterocycles. The van der Waals surface area contributed by atoms with Gasteiger partial charge in [-0.15, -0.1) is 0 Å². The van der Waals surface area contributed by atoms with Gasteiger partial charge in [0.25, 0.3) is 5.91 Å². The van der Waals surface area contributed by atoms with E-state index < -0.39 is 6.04 Å². The molecule has 6 nitrogen and oxygen atoms in total. The zero-order valence-electron chi connectivity index (χ0n) is 11.4. The molecule has 1 fully saturated rings. The number of amidine groups is 1. The van der Waals surface area contributed by atoms with Gasteiger partial charge in [-0.25, -0.2) is 0 Å². The molecule has 0 bridgehead atoms. The van der Waals surface area contributed by atoms with Crippen LogP contribution in [0.2, 0.25) is 0 Å². The van der Waals surface area contributed by atoms with Crippen molar-refractivity contribution in [3.63, 3.8) is 0 Å². The lowest BCUT2D eigenvalue weighted by Gasteiger charge is -2.16. The Labute approximate surface area is 121 Å². The van der Waals surface area contributed by atoms with Crippen molar-refractivity contribution in [2.24, 2.45) is 16.8 Å². The molecule has 1 unspecified atom stereocenters. The normalized spacial score (nSPS) is 16.7. The quantitative estimate of drug-likeness (QED) is 0.343. The number of pyridine rings is 1. The van der Waals surface area contributed by atoms with Gasteiger partial charge in [0.2, 0.25) is 0 Å². The number of aromatic nitrogens is 1. The second kappa shape index (κ2) is 5.40. The second-order valence-corrected chi connectivity index (χ2v) is 5.22. The van der Waals surface area contributed by atoms with Crippen molar-refractivity contribution in [1.82, 2.24) is 10.3 Å². The lowest BCUT2D eigenvalue weighted by molar-refractivity contribution is 0.0943. The first-order chi connectivity index (χ1) is 10.2. The van der Waals surface area contributed by atoms with Gasteiger partial charge in [-0.3, -0.25) is 9.78 Å². The molecule has 0 spiro atoms. The zero-order valence-corrected chi connectivity index (χ0v) is 11.4. The molecule has 1 heterocycles. The molecule has 1 aromatic heterocycles. The Bertz CT molecular complexity index is 710. The summed E-state index contributed by atoms with van der Waals surface area (Å²) in [6.45, 7) is 0. The van der Waals surface area contributed by atoms with E-state index in [1.165, 1.54) is 0 Å². The van der Waals surface area contributed by atoms with Crippen LogP contribution in [0.15, 0.2) is 41.7 Å². The van der Waals surface area contributed by atoms with E-state index in [9.17, 15) is 4.79 Å². The molecule has 6 heteroatoms. The van der Waals surface area contributed by atoms with Gasteiger partial charge in [-0.1, -0.05) is 11.2 Å². The van der Waals surface area contributed by atoms with Crippen LogP contribution in [0.5, 0.6) is 0 Å². The molecule has 1 amide bonds. The number of oxime groups is 1. The number of carbonyl (C=O) groups excluding carboxylic acids is 1. The molecule has 2 aromatic rings. The summed E-state index contributed by atoms with van der Waals surface area (Å²) in [5.74, 6) is 0.0736. The standard InChI is InChI=1S/C15H16N4O2/c16-14(19-21)13(9-3-4-9)18-15(20)11-5-6-12-10(8-11)2-1-7-17-12/h1-2,5-9,13,21H,3-4H2,(H2,16,19)(H,18,20). The third-order valence-electron chi connectivity index (χ3n) is 3.68. The minimum Gasteiger partial charge on any atom is -0.409 e. The first-order valence-electron chi connectivity index (χ1n) is 6.82. The summed E-state index contributed by atoms with van der Waals surface area (Å²) in [6.07, 6.45) is 3.66. The van der Waals surface area contributed by atoms with Gasteiger partial charge in [0.05, 0.1) is 11.6 Å². The van der Waals surface area contributed by atoms with Crippen molar-refractivity contribution in [3.05, 3.63) is 42.1 Å². The highest BCUT2D eigenvalue weighted by Crippen LogP contribution is 2.32. The Balaban J connectivity index is 1.82. The van der Waals surface area contributed by atoms with Crippen LogP contribution in [-0.4, -0.2) is 28.0 Å². The molecule has 3 rings (SSSR count). The van der Waals surface area contributed by atoms with E-state index >= 15 is 0 Å². The predicted octanol–water partition coefficient (Wildman–Crippen LogP) is 1.49. The highest BCUT2D eigenvalue weighted by Gasteiger charge is 2.35. The van der Waals surface area contributed by atoms with Crippen LogP contribution in [-0.2, 0) is 0 Å². The van der Waals surface area contributed by atoms with Gasteiger partial charge in [-0.05, 0) is 43.0 Å². The number of nitrogens with one attached hydrogen (secondary N) is 1. The average molecular weight is 284 g/mol. The maximum atomic E-state index is 12.3. The molecular weight excluding hydrogens is 268 g/mol. The molecule has 1 saturated carbocycles. The van der Waals surface area contributed by atoms with Gasteiger partial charge < -0.3 is 16.3 Å². The Kier molecular flexibility index (Phi) is 3.43. The van der Waals surface area contributed by atoms with Crippen LogP contribution in [0.4, 0.5) is 0 Å². The van der Waals surface area contributed by atoms with Crippen LogP contribution in [0.3, 0.4) is 0 Å². The van der Waals surface area contributed by atoms with Crippen LogP contribution in [0.25, 0.3) is 10.9 Å². The van der Waals surface area contributed by atoms with Crippen LogP contribution >= 0.6 is 0 Å². The number of fused-ring (bicyclic) bond motifs is 1. The number of carbonyl (C=O) groups is 1. The number of benzene rings is 1. The minimum absolute atomic E-state index is 0.0494. The third-order valence-corrected chi connectivity index (χ3v) is 3.68. The smallest absolute Gasteiger partial charge is 0.251 e. The molecule has 1 aliphatic carbocycles. The molecule has 108 valence electrons. The lowest BCUT2D eigenvalue weighted by atomic mass is 10.1. The fourth-order valence-corrected chi connectivity index (χ4v) is 2.37. The van der Waals surface area contributed by atoms with Gasteiger partial charge in [0, 0.05) is 17.1 Å². The summed E-state index contributed by atoms with van der Waals surface area (Å²) in [4.78, 5) is 16.5. The molecule has 1 aromatic carbocycles. The number of nitrogens with two attached hydrogens (primary N) is 1. The van der Waals surface area contributed by atoms with Gasteiger partial charge >= 0.3 is 0 Å². The number of nitrogens with zero attached hydrogens (tertiary/aromatic N) is 2. The van der Waals surface area contributed by atoms with Crippen molar-refractivity contribution in [2.75, 3.05) is 0 Å². The molecule has 4 N–H and O–H groups in total. The fourth-order valence-electron chi connectivity index (χ4n) is 2.37. The van der Waals surface area contributed by atoms with Crippen molar-refractivity contribution in [3.8, 4) is 0 Å². The third kappa shape index (κ3) is 2.79. The molecule has 1 aliphatic rings. The van der Waals surface area contributed by atoms with Gasteiger partial charge in [-0.2, -0.15) is 0 Å². The molecule has 0 radical (unpaired) electrons. The predicted molar refractivity (Wildman–Crippen MR) is 79.1 cm³/mol. The Morgan fingerprint density at radius 2 is 2.24 bits per heavy atom. The van der Waals surface area contributed by atoms with E-state index in [1.54, 1.807) is 24.4 Å². The van der Waals surface area contributed by atoms with Crippen LogP contribution in [0.1, 0.15) is 23.2 Å². The Morgan fingerprint density at radius 3 is 2.95 bits per heavy atom. The first-order valence-corrected chi connectivity index (χ1v) is 6.82. The summed E-state index contributed by atoms with van der Waals surface area (Å²) < 4.78 is 0. The number of rotatable bonds is 4. The van der Waals surface area contributed by atoms with Crippen molar-refractivity contribution in [2.45, 2.75) is 18.9 Å². The monoisotopic (exact) mass is 284 g/mol. The Hall–Kier alpha value is -2.63. The second-order valence-electron chi connectivity index (χ2n) is 5.22. The first kappa shape index (κ1) is 13.4. The summed E-state index contributed by atoms with van der Waals surface area (Å²) in [6, 6.07) is 8.63. The van der Waals surface area contributed by atoms with E-state index in [-0.39, 0.29) is 17.7 Å². The summed E-state index contributed by atoms with van der Waals surface area (Å²) >= 11 is 0. The van der Waals surface area contributed by atoms with Crippen LogP contribution < -0.4 is 11.1 Å². The van der Waals surface area contributed by atoms with Crippen molar-refractivity contribution in [1.29, 1.82) is 0 Å². The number of hydrogen-bond donors (Lipinski definition) is 3. The molecule has 21 heavy (non-hydrogen) atoms. The lowest BCUT2D eigenvalue weighted by Crippen LogP contribution is -2.46. The molecule has 0 saturated heterocycles. The van der Waals surface area contributed by atoms with E-state index in [4.69, 9.17) is 10.9 Å². The van der Waals surface area contributed by atoms with Gasteiger partial charge in [0.15, 0.2) is 5.84 Å².